The number of amides is 1. The number of hydrogen-bond donors (Lipinski definition) is 2. The number of halogens is 1. The number of benzene rings is 2. The average molecular weight is 306 g/mol. The number of nitrogen functional groups attached to an aromatic ring is 1. The Morgan fingerprint density at radius 1 is 1.24 bits per heavy atom. The average Bonchev–Trinajstić information content (AvgIpc) is 2.39. The Morgan fingerprint density at radius 3 is 2.52 bits per heavy atom. The van der Waals surface area contributed by atoms with Crippen molar-refractivity contribution in [2.45, 2.75) is 17.6 Å². The lowest BCUT2D eigenvalue weighted by Gasteiger charge is -2.08. The third kappa shape index (κ3) is 3.66. The SMILES string of the molecule is Cc1cc(C(N)=O)ccc1CS(=O)c1cc(N)cc(F)c1. The highest BCUT2D eigenvalue weighted by molar-refractivity contribution is 7.84. The van der Waals surface area contributed by atoms with Crippen LogP contribution in [0, 0.1) is 12.7 Å². The first kappa shape index (κ1) is 15.2. The minimum atomic E-state index is -1.42. The van der Waals surface area contributed by atoms with Crippen molar-refractivity contribution in [3.63, 3.8) is 0 Å². The summed E-state index contributed by atoms with van der Waals surface area (Å²) in [6.45, 7) is 1.80. The zero-order valence-electron chi connectivity index (χ0n) is 11.4. The quantitative estimate of drug-likeness (QED) is 0.848. The van der Waals surface area contributed by atoms with Crippen LogP contribution in [-0.2, 0) is 16.6 Å². The minimum absolute atomic E-state index is 0.216. The fourth-order valence-corrected chi connectivity index (χ4v) is 3.24. The first-order valence-corrected chi connectivity index (χ1v) is 7.52. The second kappa shape index (κ2) is 6.05. The highest BCUT2D eigenvalue weighted by atomic mass is 32.2. The predicted octanol–water partition coefficient (Wildman–Crippen LogP) is 2.12. The number of nitrogens with two attached hydrogens (primary N) is 2. The van der Waals surface area contributed by atoms with E-state index >= 15 is 0 Å². The molecule has 0 saturated carbocycles. The Labute approximate surface area is 124 Å². The fourth-order valence-electron chi connectivity index (χ4n) is 1.95. The Hall–Kier alpha value is -2.21. The van der Waals surface area contributed by atoms with Crippen molar-refractivity contribution in [3.05, 3.63) is 58.9 Å². The van der Waals surface area contributed by atoms with Crippen LogP contribution in [0.1, 0.15) is 21.5 Å². The number of primary amides is 1. The molecule has 2 aromatic carbocycles. The van der Waals surface area contributed by atoms with Gasteiger partial charge in [-0.3, -0.25) is 9.00 Å². The van der Waals surface area contributed by atoms with E-state index in [1.807, 2.05) is 0 Å². The van der Waals surface area contributed by atoms with Crippen LogP contribution in [0.3, 0.4) is 0 Å². The predicted molar refractivity (Wildman–Crippen MR) is 80.6 cm³/mol. The van der Waals surface area contributed by atoms with Crippen molar-refractivity contribution in [1.29, 1.82) is 0 Å². The van der Waals surface area contributed by atoms with Crippen molar-refractivity contribution in [1.82, 2.24) is 0 Å². The van der Waals surface area contributed by atoms with Gasteiger partial charge in [-0.1, -0.05) is 6.07 Å². The van der Waals surface area contributed by atoms with Gasteiger partial charge in [-0.25, -0.2) is 4.39 Å². The monoisotopic (exact) mass is 306 g/mol. The van der Waals surface area contributed by atoms with Gasteiger partial charge in [0.1, 0.15) is 5.82 Å². The molecule has 6 heteroatoms. The lowest BCUT2D eigenvalue weighted by atomic mass is 10.1. The van der Waals surface area contributed by atoms with E-state index in [4.69, 9.17) is 11.5 Å². The van der Waals surface area contributed by atoms with Gasteiger partial charge >= 0.3 is 0 Å². The van der Waals surface area contributed by atoms with Crippen LogP contribution >= 0.6 is 0 Å². The zero-order valence-corrected chi connectivity index (χ0v) is 12.2. The number of aryl methyl sites for hydroxylation is 1. The van der Waals surface area contributed by atoms with E-state index in [0.717, 1.165) is 11.1 Å². The van der Waals surface area contributed by atoms with E-state index in [0.29, 0.717) is 10.5 Å². The third-order valence-corrected chi connectivity index (χ3v) is 4.40. The molecule has 0 aliphatic heterocycles. The van der Waals surface area contributed by atoms with Gasteiger partial charge in [-0.15, -0.1) is 0 Å². The maximum atomic E-state index is 13.3. The second-order valence-electron chi connectivity index (χ2n) is 4.72. The molecule has 1 atom stereocenters. The summed E-state index contributed by atoms with van der Waals surface area (Å²) in [7, 11) is -1.42. The molecule has 0 spiro atoms. The molecule has 2 rings (SSSR count). The molecule has 21 heavy (non-hydrogen) atoms. The van der Waals surface area contributed by atoms with E-state index in [9.17, 15) is 13.4 Å². The number of carbonyl (C=O) groups excluding carboxylic acids is 1. The Kier molecular flexibility index (Phi) is 4.37. The lowest BCUT2D eigenvalue weighted by Crippen LogP contribution is -2.11. The van der Waals surface area contributed by atoms with Crippen LogP contribution in [0.25, 0.3) is 0 Å². The van der Waals surface area contributed by atoms with E-state index in [1.54, 1.807) is 25.1 Å². The molecule has 2 aromatic rings. The molecule has 0 fully saturated rings. The molecule has 1 amide bonds. The lowest BCUT2D eigenvalue weighted by molar-refractivity contribution is 0.1000. The van der Waals surface area contributed by atoms with Crippen LogP contribution < -0.4 is 11.5 Å². The van der Waals surface area contributed by atoms with Gasteiger partial charge in [0.15, 0.2) is 0 Å². The largest absolute Gasteiger partial charge is 0.399 e. The summed E-state index contributed by atoms with van der Waals surface area (Å²) in [6, 6.07) is 8.81. The first-order chi connectivity index (χ1) is 9.86. The zero-order chi connectivity index (χ0) is 15.6. The van der Waals surface area contributed by atoms with Crippen LogP contribution in [-0.4, -0.2) is 10.1 Å². The third-order valence-electron chi connectivity index (χ3n) is 3.07. The number of anilines is 1. The molecular formula is C15H15FN2O2S. The van der Waals surface area contributed by atoms with Crippen LogP contribution in [0.4, 0.5) is 10.1 Å². The summed E-state index contributed by atoms with van der Waals surface area (Å²) >= 11 is 0. The van der Waals surface area contributed by atoms with Gasteiger partial charge in [0.2, 0.25) is 5.91 Å². The topological polar surface area (TPSA) is 86.2 Å². The highest BCUT2D eigenvalue weighted by Crippen LogP contribution is 2.19. The van der Waals surface area contributed by atoms with Crippen LogP contribution in [0.2, 0.25) is 0 Å². The molecule has 0 aromatic heterocycles. The Morgan fingerprint density at radius 2 is 1.95 bits per heavy atom. The molecular weight excluding hydrogens is 291 g/mol. The van der Waals surface area contributed by atoms with E-state index in [-0.39, 0.29) is 11.4 Å². The van der Waals surface area contributed by atoms with Crippen LogP contribution in [0.5, 0.6) is 0 Å². The molecule has 4 N–H and O–H groups in total. The second-order valence-corrected chi connectivity index (χ2v) is 6.17. The van der Waals surface area contributed by atoms with Crippen molar-refractivity contribution in [2.75, 3.05) is 5.73 Å². The standard InChI is InChI=1S/C15H15FN2O2S/c1-9-4-10(15(18)19)2-3-11(9)8-21(20)14-6-12(16)5-13(17)7-14/h2-7H,8,17H2,1H3,(H2,18,19). The van der Waals surface area contributed by atoms with E-state index in [1.165, 1.54) is 18.2 Å². The summed E-state index contributed by atoms with van der Waals surface area (Å²) in [5.41, 5.74) is 13.0. The Balaban J connectivity index is 2.25. The summed E-state index contributed by atoms with van der Waals surface area (Å²) in [5.74, 6) is -0.809. The first-order valence-electron chi connectivity index (χ1n) is 6.20. The summed E-state index contributed by atoms with van der Waals surface area (Å²) < 4.78 is 25.6. The highest BCUT2D eigenvalue weighted by Gasteiger charge is 2.11. The maximum absolute atomic E-state index is 13.3. The van der Waals surface area contributed by atoms with E-state index < -0.39 is 22.5 Å². The number of hydrogen-bond acceptors (Lipinski definition) is 3. The number of rotatable bonds is 4. The van der Waals surface area contributed by atoms with Crippen molar-refractivity contribution in [3.8, 4) is 0 Å². The van der Waals surface area contributed by atoms with Gasteiger partial charge in [-0.05, 0) is 48.4 Å². The van der Waals surface area contributed by atoms with E-state index in [2.05, 4.69) is 0 Å². The summed E-state index contributed by atoms with van der Waals surface area (Å²) in [4.78, 5) is 11.4. The summed E-state index contributed by atoms with van der Waals surface area (Å²) in [5, 5.41) is 0. The van der Waals surface area contributed by atoms with Gasteiger partial charge in [-0.2, -0.15) is 0 Å². The molecule has 0 aliphatic rings. The minimum Gasteiger partial charge on any atom is -0.399 e. The molecule has 0 heterocycles. The fraction of sp³-hybridized carbons (Fsp3) is 0.133. The maximum Gasteiger partial charge on any atom is 0.248 e. The molecule has 110 valence electrons. The van der Waals surface area contributed by atoms with Crippen LogP contribution in [0.15, 0.2) is 41.3 Å². The molecule has 0 saturated heterocycles. The molecule has 4 nitrogen and oxygen atoms in total. The molecule has 1 unspecified atom stereocenters. The summed E-state index contributed by atoms with van der Waals surface area (Å²) in [6.07, 6.45) is 0. The normalized spacial score (nSPS) is 12.1. The number of carbonyl (C=O) groups is 1. The van der Waals surface area contributed by atoms with Gasteiger partial charge < -0.3 is 11.5 Å². The molecule has 0 radical (unpaired) electrons. The van der Waals surface area contributed by atoms with Crippen molar-refractivity contribution in [2.24, 2.45) is 5.73 Å². The molecule has 0 aliphatic carbocycles. The van der Waals surface area contributed by atoms with Crippen molar-refractivity contribution < 1.29 is 13.4 Å². The van der Waals surface area contributed by atoms with Gasteiger partial charge in [0, 0.05) is 16.1 Å². The Bertz CT molecular complexity index is 711. The van der Waals surface area contributed by atoms with Gasteiger partial charge in [0.05, 0.1) is 16.6 Å². The smallest absolute Gasteiger partial charge is 0.248 e. The van der Waals surface area contributed by atoms with Crippen molar-refractivity contribution >= 4 is 22.4 Å². The van der Waals surface area contributed by atoms with Gasteiger partial charge in [0.25, 0.3) is 0 Å². The molecule has 0 bridgehead atoms.